The van der Waals surface area contributed by atoms with Crippen LogP contribution in [0.4, 0.5) is 17.1 Å². The van der Waals surface area contributed by atoms with Crippen LogP contribution in [-0.4, -0.2) is 40.6 Å². The Hall–Kier alpha value is -4.24. The minimum atomic E-state index is -0.516. The summed E-state index contributed by atoms with van der Waals surface area (Å²) in [6, 6.07) is 19.5. The lowest BCUT2D eigenvalue weighted by Crippen LogP contribution is -2.13. The molecule has 2 N–H and O–H groups in total. The number of anilines is 2. The van der Waals surface area contributed by atoms with Crippen molar-refractivity contribution in [2.24, 2.45) is 7.05 Å². The van der Waals surface area contributed by atoms with Crippen LogP contribution in [0.15, 0.2) is 66.7 Å². The van der Waals surface area contributed by atoms with Gasteiger partial charge in [-0.05, 0) is 48.5 Å². The number of aromatic nitrogens is 2. The standard InChI is InChI=1S/C24H23N5O4/c1-28-21-6-4-3-5-20(21)27-23(28)16-7-10-18(11-8-16)26-24(30)17-9-12-19(25-13-14-33-2)22(15-17)29(31)32/h3-12,15,25H,13-14H2,1-2H3,(H,26,30). The number of nitro benzene ring substituents is 1. The van der Waals surface area contributed by atoms with Crippen LogP contribution in [0.25, 0.3) is 22.4 Å². The predicted molar refractivity (Wildman–Crippen MR) is 128 cm³/mol. The summed E-state index contributed by atoms with van der Waals surface area (Å²) in [5.41, 5.74) is 3.79. The molecule has 0 atom stereocenters. The summed E-state index contributed by atoms with van der Waals surface area (Å²) in [4.78, 5) is 28.3. The first kappa shape index (κ1) is 22.0. The third-order valence-electron chi connectivity index (χ3n) is 5.27. The maximum absolute atomic E-state index is 12.7. The lowest BCUT2D eigenvalue weighted by atomic mass is 10.1. The van der Waals surface area contributed by atoms with Crippen LogP contribution in [0.3, 0.4) is 0 Å². The third-order valence-corrected chi connectivity index (χ3v) is 5.27. The largest absolute Gasteiger partial charge is 0.383 e. The summed E-state index contributed by atoms with van der Waals surface area (Å²) in [6.45, 7) is 0.824. The Labute approximate surface area is 190 Å². The molecule has 0 bridgehead atoms. The van der Waals surface area contributed by atoms with E-state index < -0.39 is 10.8 Å². The van der Waals surface area contributed by atoms with E-state index in [-0.39, 0.29) is 11.3 Å². The van der Waals surface area contributed by atoms with Gasteiger partial charge in [-0.2, -0.15) is 0 Å². The summed E-state index contributed by atoms with van der Waals surface area (Å²) in [5.74, 6) is 0.387. The Morgan fingerprint density at radius 1 is 1.12 bits per heavy atom. The zero-order valence-electron chi connectivity index (χ0n) is 18.2. The Bertz CT molecular complexity index is 1310. The molecule has 0 unspecified atom stereocenters. The van der Waals surface area contributed by atoms with Gasteiger partial charge < -0.3 is 19.9 Å². The van der Waals surface area contributed by atoms with Crippen molar-refractivity contribution >= 4 is 34.0 Å². The Morgan fingerprint density at radius 2 is 1.88 bits per heavy atom. The third kappa shape index (κ3) is 4.68. The number of nitro groups is 1. The number of nitrogens with zero attached hydrogens (tertiary/aromatic N) is 3. The van der Waals surface area contributed by atoms with Crippen LogP contribution < -0.4 is 10.6 Å². The molecule has 33 heavy (non-hydrogen) atoms. The van der Waals surface area contributed by atoms with E-state index in [0.717, 1.165) is 22.4 Å². The molecule has 168 valence electrons. The van der Waals surface area contributed by atoms with Gasteiger partial charge in [0.1, 0.15) is 11.5 Å². The van der Waals surface area contributed by atoms with Gasteiger partial charge in [0.2, 0.25) is 0 Å². The lowest BCUT2D eigenvalue weighted by Gasteiger charge is -2.10. The number of methoxy groups -OCH3 is 1. The number of rotatable bonds is 8. The lowest BCUT2D eigenvalue weighted by molar-refractivity contribution is -0.384. The minimum absolute atomic E-state index is 0.170. The van der Waals surface area contributed by atoms with Gasteiger partial charge in [-0.15, -0.1) is 0 Å². The van der Waals surface area contributed by atoms with Gasteiger partial charge in [0.05, 0.1) is 22.6 Å². The van der Waals surface area contributed by atoms with Gasteiger partial charge in [0.25, 0.3) is 11.6 Å². The van der Waals surface area contributed by atoms with E-state index in [1.165, 1.54) is 12.1 Å². The van der Waals surface area contributed by atoms with E-state index in [9.17, 15) is 14.9 Å². The number of carbonyl (C=O) groups is 1. The van der Waals surface area contributed by atoms with Crippen molar-refractivity contribution in [2.45, 2.75) is 0 Å². The maximum atomic E-state index is 12.7. The summed E-state index contributed by atoms with van der Waals surface area (Å²) < 4.78 is 6.97. The SMILES string of the molecule is COCCNc1ccc(C(=O)Nc2ccc(-c3nc4ccccc4n3C)cc2)cc1[N+](=O)[O-]. The molecule has 4 rings (SSSR count). The van der Waals surface area contributed by atoms with E-state index in [4.69, 9.17) is 4.74 Å². The molecule has 1 heterocycles. The quantitative estimate of drug-likeness (QED) is 0.235. The van der Waals surface area contributed by atoms with Gasteiger partial charge in [0.15, 0.2) is 0 Å². The second kappa shape index (κ2) is 9.49. The number of para-hydroxylation sites is 2. The van der Waals surface area contributed by atoms with Crippen molar-refractivity contribution in [1.82, 2.24) is 9.55 Å². The van der Waals surface area contributed by atoms with Crippen molar-refractivity contribution in [1.29, 1.82) is 0 Å². The van der Waals surface area contributed by atoms with Gasteiger partial charge in [-0.3, -0.25) is 14.9 Å². The van der Waals surface area contributed by atoms with Crippen LogP contribution >= 0.6 is 0 Å². The van der Waals surface area contributed by atoms with E-state index in [1.54, 1.807) is 25.3 Å². The Kier molecular flexibility index (Phi) is 6.32. The number of amides is 1. The van der Waals surface area contributed by atoms with Crippen LogP contribution in [0.2, 0.25) is 0 Å². The number of benzene rings is 3. The number of carbonyl (C=O) groups excluding carboxylic acids is 1. The highest BCUT2D eigenvalue weighted by Crippen LogP contribution is 2.27. The number of imidazole rings is 1. The molecular weight excluding hydrogens is 422 g/mol. The fourth-order valence-electron chi connectivity index (χ4n) is 3.57. The molecule has 9 nitrogen and oxygen atoms in total. The fraction of sp³-hybridized carbons (Fsp3) is 0.167. The van der Waals surface area contributed by atoms with Crippen LogP contribution in [0.1, 0.15) is 10.4 Å². The van der Waals surface area contributed by atoms with Crippen molar-refractivity contribution < 1.29 is 14.5 Å². The van der Waals surface area contributed by atoms with Gasteiger partial charge in [-0.1, -0.05) is 12.1 Å². The van der Waals surface area contributed by atoms with E-state index in [2.05, 4.69) is 15.6 Å². The molecule has 3 aromatic carbocycles. The van der Waals surface area contributed by atoms with E-state index >= 15 is 0 Å². The van der Waals surface area contributed by atoms with Crippen molar-refractivity contribution in [3.63, 3.8) is 0 Å². The zero-order valence-corrected chi connectivity index (χ0v) is 18.2. The van der Waals surface area contributed by atoms with Gasteiger partial charge in [-0.25, -0.2) is 4.98 Å². The Morgan fingerprint density at radius 3 is 2.58 bits per heavy atom. The normalized spacial score (nSPS) is 10.8. The summed E-state index contributed by atoms with van der Waals surface area (Å²) in [7, 11) is 3.51. The van der Waals surface area contributed by atoms with Crippen molar-refractivity contribution in [3.8, 4) is 11.4 Å². The molecule has 0 aliphatic carbocycles. The average molecular weight is 445 g/mol. The number of fused-ring (bicyclic) bond motifs is 1. The molecule has 0 radical (unpaired) electrons. The molecule has 0 saturated heterocycles. The average Bonchev–Trinajstić information content (AvgIpc) is 3.16. The first-order chi connectivity index (χ1) is 16.0. The van der Waals surface area contributed by atoms with Crippen molar-refractivity contribution in [2.75, 3.05) is 30.9 Å². The minimum Gasteiger partial charge on any atom is -0.383 e. The number of hydrogen-bond donors (Lipinski definition) is 2. The predicted octanol–water partition coefficient (Wildman–Crippen LogP) is 4.46. The van der Waals surface area contributed by atoms with Crippen LogP contribution in [0, 0.1) is 10.1 Å². The number of hydrogen-bond acceptors (Lipinski definition) is 6. The van der Waals surface area contributed by atoms with Gasteiger partial charge >= 0.3 is 0 Å². The zero-order chi connectivity index (χ0) is 23.4. The molecular formula is C24H23N5O4. The smallest absolute Gasteiger partial charge is 0.293 e. The van der Waals surface area contributed by atoms with Crippen molar-refractivity contribution in [3.05, 3.63) is 82.4 Å². The second-order valence-corrected chi connectivity index (χ2v) is 7.42. The molecule has 0 fully saturated rings. The highest BCUT2D eigenvalue weighted by molar-refractivity contribution is 6.05. The van der Waals surface area contributed by atoms with Gasteiger partial charge in [0, 0.05) is 43.6 Å². The first-order valence-electron chi connectivity index (χ1n) is 10.3. The fourth-order valence-corrected chi connectivity index (χ4v) is 3.57. The Balaban J connectivity index is 1.51. The van der Waals surface area contributed by atoms with Crippen LogP contribution in [-0.2, 0) is 11.8 Å². The molecule has 4 aromatic rings. The second-order valence-electron chi connectivity index (χ2n) is 7.42. The summed E-state index contributed by atoms with van der Waals surface area (Å²) in [6.07, 6.45) is 0. The number of ether oxygens (including phenoxy) is 1. The monoisotopic (exact) mass is 445 g/mol. The maximum Gasteiger partial charge on any atom is 0.293 e. The number of aryl methyl sites for hydroxylation is 1. The topological polar surface area (TPSA) is 111 Å². The molecule has 0 aliphatic rings. The highest BCUT2D eigenvalue weighted by Gasteiger charge is 2.18. The van der Waals surface area contributed by atoms with E-state index in [1.807, 2.05) is 48.0 Å². The molecule has 1 aromatic heterocycles. The van der Waals surface area contributed by atoms with E-state index in [0.29, 0.717) is 24.5 Å². The van der Waals surface area contributed by atoms with Crippen LogP contribution in [0.5, 0.6) is 0 Å². The summed E-state index contributed by atoms with van der Waals surface area (Å²) in [5, 5.41) is 17.2. The molecule has 9 heteroatoms. The molecule has 0 aliphatic heterocycles. The first-order valence-corrected chi connectivity index (χ1v) is 10.3. The summed E-state index contributed by atoms with van der Waals surface area (Å²) >= 11 is 0. The highest BCUT2D eigenvalue weighted by atomic mass is 16.6. The molecule has 1 amide bonds. The number of nitrogens with one attached hydrogen (secondary N) is 2. The molecule has 0 saturated carbocycles. The molecule has 0 spiro atoms.